The van der Waals surface area contributed by atoms with E-state index in [4.69, 9.17) is 0 Å². The van der Waals surface area contributed by atoms with E-state index in [1.165, 1.54) is 11.3 Å². The maximum atomic E-state index is 12.8. The van der Waals surface area contributed by atoms with Gasteiger partial charge in [-0.25, -0.2) is 4.98 Å². The quantitative estimate of drug-likeness (QED) is 0.641. The minimum absolute atomic E-state index is 0.0444. The molecule has 0 bridgehead atoms. The molecule has 0 fully saturated rings. The summed E-state index contributed by atoms with van der Waals surface area (Å²) in [4.78, 5) is 30.6. The van der Waals surface area contributed by atoms with E-state index in [2.05, 4.69) is 10.3 Å². The number of anilines is 1. The molecule has 1 heterocycles. The van der Waals surface area contributed by atoms with Gasteiger partial charge in [0, 0.05) is 37.5 Å². The topological polar surface area (TPSA) is 62.3 Å². The van der Waals surface area contributed by atoms with Crippen LogP contribution in [-0.4, -0.2) is 21.7 Å². The van der Waals surface area contributed by atoms with Crippen LogP contribution in [0.15, 0.2) is 72.2 Å². The molecule has 0 atom stereocenters. The number of amides is 2. The Morgan fingerprint density at radius 3 is 2.00 bits per heavy atom. The van der Waals surface area contributed by atoms with Gasteiger partial charge < -0.3 is 10.2 Å². The van der Waals surface area contributed by atoms with Gasteiger partial charge in [0.15, 0.2) is 5.13 Å². The second-order valence-corrected chi connectivity index (χ2v) is 7.00. The molecule has 1 N–H and O–H groups in total. The van der Waals surface area contributed by atoms with Crippen molar-refractivity contribution in [3.05, 3.63) is 83.4 Å². The lowest BCUT2D eigenvalue weighted by molar-refractivity contribution is -0.134. The lowest BCUT2D eigenvalue weighted by Crippen LogP contribution is -2.30. The number of carbonyl (C=O) groups is 2. The molecule has 2 amide bonds. The molecule has 0 unspecified atom stereocenters. The van der Waals surface area contributed by atoms with E-state index in [9.17, 15) is 9.59 Å². The van der Waals surface area contributed by atoms with Gasteiger partial charge in [-0.2, -0.15) is 0 Å². The van der Waals surface area contributed by atoms with E-state index in [-0.39, 0.29) is 24.7 Å². The van der Waals surface area contributed by atoms with Gasteiger partial charge in [-0.3, -0.25) is 9.59 Å². The molecule has 6 heteroatoms. The van der Waals surface area contributed by atoms with Crippen molar-refractivity contribution in [2.75, 3.05) is 5.32 Å². The van der Waals surface area contributed by atoms with Crippen molar-refractivity contribution in [3.63, 3.8) is 0 Å². The highest BCUT2D eigenvalue weighted by Gasteiger charge is 2.16. The van der Waals surface area contributed by atoms with Gasteiger partial charge >= 0.3 is 0 Å². The Balaban J connectivity index is 1.61. The molecule has 0 radical (unpaired) electrons. The second-order valence-electron chi connectivity index (χ2n) is 6.11. The minimum atomic E-state index is -0.197. The van der Waals surface area contributed by atoms with Crippen LogP contribution >= 0.6 is 11.3 Å². The third kappa shape index (κ3) is 6.04. The maximum Gasteiger partial charge on any atom is 0.226 e. The smallest absolute Gasteiger partial charge is 0.226 e. The van der Waals surface area contributed by atoms with Gasteiger partial charge in [0.05, 0.1) is 0 Å². The number of benzene rings is 2. The van der Waals surface area contributed by atoms with Crippen LogP contribution in [0.4, 0.5) is 5.13 Å². The van der Waals surface area contributed by atoms with Crippen molar-refractivity contribution in [1.29, 1.82) is 0 Å². The van der Waals surface area contributed by atoms with Crippen molar-refractivity contribution in [3.8, 4) is 0 Å². The van der Waals surface area contributed by atoms with Crippen LogP contribution in [0.3, 0.4) is 0 Å². The van der Waals surface area contributed by atoms with Gasteiger partial charge in [-0.1, -0.05) is 60.7 Å². The molecular weight excluding hydrogens is 358 g/mol. The van der Waals surface area contributed by atoms with Crippen molar-refractivity contribution in [2.45, 2.75) is 25.9 Å². The Bertz CT molecular complexity index is 810. The summed E-state index contributed by atoms with van der Waals surface area (Å²) in [5.41, 5.74) is 2.13. The van der Waals surface area contributed by atoms with Crippen LogP contribution in [0.1, 0.15) is 24.0 Å². The van der Waals surface area contributed by atoms with Gasteiger partial charge in [-0.05, 0) is 11.1 Å². The summed E-state index contributed by atoms with van der Waals surface area (Å²) in [5.74, 6) is -0.241. The molecule has 2 aromatic carbocycles. The third-order valence-corrected chi connectivity index (χ3v) is 4.72. The zero-order valence-corrected chi connectivity index (χ0v) is 15.7. The molecule has 0 aliphatic carbocycles. The van der Waals surface area contributed by atoms with Crippen molar-refractivity contribution in [2.24, 2.45) is 0 Å². The fraction of sp³-hybridized carbons (Fsp3) is 0.190. The molecule has 0 saturated heterocycles. The van der Waals surface area contributed by atoms with Crippen molar-refractivity contribution in [1.82, 2.24) is 9.88 Å². The third-order valence-electron chi connectivity index (χ3n) is 4.03. The Morgan fingerprint density at radius 1 is 0.889 bits per heavy atom. The Morgan fingerprint density at radius 2 is 1.48 bits per heavy atom. The molecule has 3 rings (SSSR count). The lowest BCUT2D eigenvalue weighted by Gasteiger charge is -2.23. The predicted molar refractivity (Wildman–Crippen MR) is 107 cm³/mol. The molecule has 1 aromatic heterocycles. The van der Waals surface area contributed by atoms with Gasteiger partial charge in [0.1, 0.15) is 0 Å². The van der Waals surface area contributed by atoms with Crippen LogP contribution in [0, 0.1) is 0 Å². The number of thiazole rings is 1. The standard InChI is InChI=1S/C21H21N3O2S/c25-19(23-21-22-13-14-27-21)11-12-20(26)24(15-17-7-3-1-4-8-17)16-18-9-5-2-6-10-18/h1-10,13-14H,11-12,15-16H2,(H,22,23,25). The van der Waals surface area contributed by atoms with E-state index in [1.54, 1.807) is 16.5 Å². The molecule has 0 spiro atoms. The minimum Gasteiger partial charge on any atom is -0.334 e. The van der Waals surface area contributed by atoms with E-state index in [0.29, 0.717) is 18.2 Å². The number of aromatic nitrogens is 1. The summed E-state index contributed by atoms with van der Waals surface area (Å²) >= 11 is 1.36. The SMILES string of the molecule is O=C(CCC(=O)N(Cc1ccccc1)Cc1ccccc1)Nc1nccs1. The first kappa shape index (κ1) is 18.8. The molecule has 0 aliphatic rings. The normalized spacial score (nSPS) is 10.4. The average molecular weight is 379 g/mol. The first-order valence-electron chi connectivity index (χ1n) is 8.75. The summed E-state index contributed by atoms with van der Waals surface area (Å²) in [5, 5.41) is 5.06. The summed E-state index contributed by atoms with van der Waals surface area (Å²) in [6, 6.07) is 19.8. The van der Waals surface area contributed by atoms with Crippen LogP contribution in [0.2, 0.25) is 0 Å². The highest BCUT2D eigenvalue weighted by Crippen LogP contribution is 2.14. The van der Waals surface area contributed by atoms with Gasteiger partial charge in [0.2, 0.25) is 11.8 Å². The lowest BCUT2D eigenvalue weighted by atomic mass is 10.1. The number of rotatable bonds is 8. The first-order valence-corrected chi connectivity index (χ1v) is 9.63. The van der Waals surface area contributed by atoms with Gasteiger partial charge in [0.25, 0.3) is 0 Å². The fourth-order valence-electron chi connectivity index (χ4n) is 2.69. The molecule has 0 aliphatic heterocycles. The average Bonchev–Trinajstić information content (AvgIpc) is 3.20. The van der Waals surface area contributed by atoms with Crippen LogP contribution in [0.25, 0.3) is 0 Å². The zero-order chi connectivity index (χ0) is 18.9. The summed E-state index contributed by atoms with van der Waals surface area (Å²) in [6.45, 7) is 1.03. The Kier molecular flexibility index (Phi) is 6.71. The predicted octanol–water partition coefficient (Wildman–Crippen LogP) is 4.09. The summed E-state index contributed by atoms with van der Waals surface area (Å²) in [6.07, 6.45) is 1.93. The number of carbonyl (C=O) groups excluding carboxylic acids is 2. The number of hydrogen-bond donors (Lipinski definition) is 1. The molecule has 3 aromatic rings. The van der Waals surface area contributed by atoms with Crippen molar-refractivity contribution < 1.29 is 9.59 Å². The molecule has 27 heavy (non-hydrogen) atoms. The molecule has 0 saturated carbocycles. The highest BCUT2D eigenvalue weighted by molar-refractivity contribution is 7.13. The largest absolute Gasteiger partial charge is 0.334 e. The maximum absolute atomic E-state index is 12.8. The summed E-state index contributed by atoms with van der Waals surface area (Å²) in [7, 11) is 0. The number of nitrogens with zero attached hydrogens (tertiary/aromatic N) is 2. The summed E-state index contributed by atoms with van der Waals surface area (Å²) < 4.78 is 0. The number of nitrogens with one attached hydrogen (secondary N) is 1. The molecule has 5 nitrogen and oxygen atoms in total. The number of hydrogen-bond acceptors (Lipinski definition) is 4. The van der Waals surface area contributed by atoms with Crippen LogP contribution in [-0.2, 0) is 22.7 Å². The van der Waals surface area contributed by atoms with E-state index in [1.807, 2.05) is 60.7 Å². The monoisotopic (exact) mass is 379 g/mol. The van der Waals surface area contributed by atoms with E-state index < -0.39 is 0 Å². The van der Waals surface area contributed by atoms with Gasteiger partial charge in [-0.15, -0.1) is 11.3 Å². The highest BCUT2D eigenvalue weighted by atomic mass is 32.1. The second kappa shape index (κ2) is 9.64. The molecule has 138 valence electrons. The van der Waals surface area contributed by atoms with Crippen LogP contribution < -0.4 is 5.32 Å². The Labute approximate surface area is 162 Å². The Hall–Kier alpha value is -2.99. The fourth-order valence-corrected chi connectivity index (χ4v) is 3.23. The van der Waals surface area contributed by atoms with E-state index >= 15 is 0 Å². The first-order chi connectivity index (χ1) is 13.2. The van der Waals surface area contributed by atoms with Crippen molar-refractivity contribution >= 4 is 28.3 Å². The van der Waals surface area contributed by atoms with E-state index in [0.717, 1.165) is 11.1 Å². The van der Waals surface area contributed by atoms with Crippen LogP contribution in [0.5, 0.6) is 0 Å². The molecular formula is C21H21N3O2S. The zero-order valence-electron chi connectivity index (χ0n) is 14.9.